The van der Waals surface area contributed by atoms with Crippen LogP contribution in [0.5, 0.6) is 0 Å². The van der Waals surface area contributed by atoms with Gasteiger partial charge in [-0.25, -0.2) is 0 Å². The van der Waals surface area contributed by atoms with Gasteiger partial charge in [0.15, 0.2) is 0 Å². The summed E-state index contributed by atoms with van der Waals surface area (Å²) >= 11 is 5.01. The van der Waals surface area contributed by atoms with E-state index >= 15 is 0 Å². The average Bonchev–Trinajstić information content (AvgIpc) is 2.18. The van der Waals surface area contributed by atoms with Gasteiger partial charge in [-0.05, 0) is 11.6 Å². The molecule has 0 N–H and O–H groups in total. The van der Waals surface area contributed by atoms with Crippen molar-refractivity contribution in [2.24, 2.45) is 0 Å². The molecule has 0 radical (unpaired) electrons. The second-order valence-electron chi connectivity index (χ2n) is 2.78. The molecular formula is C11H8ClF3. The Hall–Kier alpha value is -1.22. The molecule has 15 heavy (non-hydrogen) atoms. The van der Waals surface area contributed by atoms with Gasteiger partial charge in [-0.2, -0.15) is 13.2 Å². The summed E-state index contributed by atoms with van der Waals surface area (Å²) in [5, 5.41) is -1.13. The van der Waals surface area contributed by atoms with Crippen molar-refractivity contribution in [1.82, 2.24) is 0 Å². The highest BCUT2D eigenvalue weighted by Crippen LogP contribution is 2.28. The lowest BCUT2D eigenvalue weighted by Gasteiger charge is -2.01. The van der Waals surface area contributed by atoms with Gasteiger partial charge in [-0.1, -0.05) is 54.1 Å². The van der Waals surface area contributed by atoms with E-state index in [2.05, 4.69) is 0 Å². The molecular weight excluding hydrogens is 225 g/mol. The van der Waals surface area contributed by atoms with E-state index in [-0.39, 0.29) is 0 Å². The highest BCUT2D eigenvalue weighted by atomic mass is 35.5. The van der Waals surface area contributed by atoms with Crippen LogP contribution in [-0.4, -0.2) is 6.18 Å². The standard InChI is InChI=1S/C11H8ClF3/c12-10(11(13,14)15)8-4-7-9-5-2-1-3-6-9/h1-8H. The fourth-order valence-electron chi connectivity index (χ4n) is 0.902. The summed E-state index contributed by atoms with van der Waals surface area (Å²) in [4.78, 5) is 0. The molecule has 80 valence electrons. The molecule has 0 aliphatic heterocycles. The van der Waals surface area contributed by atoms with Gasteiger partial charge < -0.3 is 0 Å². The van der Waals surface area contributed by atoms with Crippen molar-refractivity contribution in [3.8, 4) is 0 Å². The molecule has 4 heteroatoms. The third-order valence-electron chi connectivity index (χ3n) is 1.60. The summed E-state index contributed by atoms with van der Waals surface area (Å²) in [6.07, 6.45) is -0.823. The number of hydrogen-bond donors (Lipinski definition) is 0. The first-order valence-electron chi connectivity index (χ1n) is 4.16. The zero-order chi connectivity index (χ0) is 11.3. The molecule has 0 saturated carbocycles. The Morgan fingerprint density at radius 3 is 2.27 bits per heavy atom. The van der Waals surface area contributed by atoms with Crippen LogP contribution in [-0.2, 0) is 0 Å². The minimum atomic E-state index is -4.47. The largest absolute Gasteiger partial charge is 0.426 e. The van der Waals surface area contributed by atoms with E-state index in [0.29, 0.717) is 0 Å². The zero-order valence-corrected chi connectivity index (χ0v) is 8.39. The molecule has 1 aromatic carbocycles. The molecule has 0 aromatic heterocycles. The van der Waals surface area contributed by atoms with E-state index in [0.717, 1.165) is 11.6 Å². The number of alkyl halides is 3. The molecule has 0 saturated heterocycles. The first kappa shape index (κ1) is 11.9. The van der Waals surface area contributed by atoms with E-state index in [9.17, 15) is 13.2 Å². The van der Waals surface area contributed by atoms with Crippen molar-refractivity contribution in [1.29, 1.82) is 0 Å². The van der Waals surface area contributed by atoms with Crippen molar-refractivity contribution in [2.75, 3.05) is 0 Å². The number of hydrogen-bond acceptors (Lipinski definition) is 0. The number of rotatable bonds is 2. The van der Waals surface area contributed by atoms with Crippen LogP contribution in [0, 0.1) is 0 Å². The Morgan fingerprint density at radius 1 is 1.13 bits per heavy atom. The van der Waals surface area contributed by atoms with E-state index < -0.39 is 11.2 Å². The van der Waals surface area contributed by atoms with Crippen LogP contribution < -0.4 is 0 Å². The molecule has 0 aliphatic carbocycles. The van der Waals surface area contributed by atoms with E-state index in [1.807, 2.05) is 6.07 Å². The van der Waals surface area contributed by atoms with E-state index in [1.165, 1.54) is 6.08 Å². The monoisotopic (exact) mass is 232 g/mol. The third-order valence-corrected chi connectivity index (χ3v) is 1.94. The number of halogens is 4. The molecule has 0 spiro atoms. The Labute approximate surface area is 90.7 Å². The van der Waals surface area contributed by atoms with Crippen molar-refractivity contribution in [3.05, 3.63) is 53.1 Å². The van der Waals surface area contributed by atoms with Crippen molar-refractivity contribution >= 4 is 17.7 Å². The summed E-state index contributed by atoms with van der Waals surface area (Å²) in [6, 6.07) is 9.00. The molecule has 0 aliphatic rings. The fraction of sp³-hybridized carbons (Fsp3) is 0.0909. The molecule has 0 nitrogen and oxygen atoms in total. The molecule has 0 bridgehead atoms. The topological polar surface area (TPSA) is 0 Å². The predicted molar refractivity (Wildman–Crippen MR) is 55.5 cm³/mol. The first-order chi connectivity index (χ1) is 7.00. The Morgan fingerprint density at radius 2 is 1.73 bits per heavy atom. The maximum Gasteiger partial charge on any atom is 0.426 e. The summed E-state index contributed by atoms with van der Waals surface area (Å²) in [5.74, 6) is 0. The normalized spacial score (nSPS) is 13.5. The lowest BCUT2D eigenvalue weighted by atomic mass is 10.2. The van der Waals surface area contributed by atoms with Gasteiger partial charge in [0.25, 0.3) is 0 Å². The second kappa shape index (κ2) is 5.03. The quantitative estimate of drug-likeness (QED) is 0.664. The minimum absolute atomic E-state index is 0.820. The number of allylic oxidation sites excluding steroid dienone is 3. The van der Waals surface area contributed by atoms with Gasteiger partial charge in [-0.15, -0.1) is 0 Å². The lowest BCUT2D eigenvalue weighted by Crippen LogP contribution is -2.06. The van der Waals surface area contributed by atoms with Gasteiger partial charge >= 0.3 is 6.18 Å². The van der Waals surface area contributed by atoms with Gasteiger partial charge in [0.05, 0.1) is 0 Å². The van der Waals surface area contributed by atoms with Crippen molar-refractivity contribution in [3.63, 3.8) is 0 Å². The molecule has 0 amide bonds. The Bertz CT molecular complexity index is 363. The smallest absolute Gasteiger partial charge is 0.165 e. The van der Waals surface area contributed by atoms with Gasteiger partial charge in [0.1, 0.15) is 5.03 Å². The summed E-state index contributed by atoms with van der Waals surface area (Å²) < 4.78 is 35.8. The fourth-order valence-corrected chi connectivity index (χ4v) is 0.975. The van der Waals surface area contributed by atoms with Crippen LogP contribution in [0.3, 0.4) is 0 Å². The Kier molecular flexibility index (Phi) is 3.97. The second-order valence-corrected chi connectivity index (χ2v) is 3.19. The molecule has 0 atom stereocenters. The lowest BCUT2D eigenvalue weighted by molar-refractivity contribution is -0.0844. The summed E-state index contributed by atoms with van der Waals surface area (Å²) in [6.45, 7) is 0. The molecule has 0 heterocycles. The van der Waals surface area contributed by atoms with Crippen LogP contribution in [0.25, 0.3) is 6.08 Å². The van der Waals surface area contributed by atoms with Gasteiger partial charge in [0.2, 0.25) is 0 Å². The minimum Gasteiger partial charge on any atom is -0.165 e. The SMILES string of the molecule is FC(F)(F)C(Cl)=CC=Cc1ccccc1. The zero-order valence-electron chi connectivity index (χ0n) is 7.63. The van der Waals surface area contributed by atoms with Crippen LogP contribution in [0.2, 0.25) is 0 Å². The van der Waals surface area contributed by atoms with E-state index in [4.69, 9.17) is 11.6 Å². The highest BCUT2D eigenvalue weighted by Gasteiger charge is 2.31. The first-order valence-corrected chi connectivity index (χ1v) is 4.54. The number of benzene rings is 1. The summed E-state index contributed by atoms with van der Waals surface area (Å²) in [5.41, 5.74) is 0.820. The van der Waals surface area contributed by atoms with Crippen LogP contribution in [0.15, 0.2) is 47.5 Å². The Balaban J connectivity index is 2.69. The van der Waals surface area contributed by atoms with Crippen LogP contribution >= 0.6 is 11.6 Å². The molecule has 0 unspecified atom stereocenters. The third kappa shape index (κ3) is 4.21. The van der Waals surface area contributed by atoms with Crippen LogP contribution in [0.1, 0.15) is 5.56 Å². The summed E-state index contributed by atoms with van der Waals surface area (Å²) in [7, 11) is 0. The predicted octanol–water partition coefficient (Wildman–Crippen LogP) is 4.38. The van der Waals surface area contributed by atoms with Crippen molar-refractivity contribution in [2.45, 2.75) is 6.18 Å². The van der Waals surface area contributed by atoms with E-state index in [1.54, 1.807) is 30.3 Å². The maximum absolute atomic E-state index is 11.9. The highest BCUT2D eigenvalue weighted by molar-refractivity contribution is 6.30. The molecule has 1 rings (SSSR count). The van der Waals surface area contributed by atoms with Gasteiger partial charge in [0, 0.05) is 0 Å². The van der Waals surface area contributed by atoms with Gasteiger partial charge in [-0.3, -0.25) is 0 Å². The molecule has 1 aromatic rings. The maximum atomic E-state index is 11.9. The van der Waals surface area contributed by atoms with Crippen molar-refractivity contribution < 1.29 is 13.2 Å². The molecule has 0 fully saturated rings. The average molecular weight is 233 g/mol. The van der Waals surface area contributed by atoms with Crippen LogP contribution in [0.4, 0.5) is 13.2 Å².